The van der Waals surface area contributed by atoms with Crippen LogP contribution in [0.1, 0.15) is 11.1 Å². The maximum absolute atomic E-state index is 11.7. The van der Waals surface area contributed by atoms with Crippen molar-refractivity contribution in [2.75, 3.05) is 11.1 Å². The van der Waals surface area contributed by atoms with Crippen LogP contribution in [-0.2, 0) is 9.84 Å². The van der Waals surface area contributed by atoms with Gasteiger partial charge in [0.25, 0.3) is 0 Å². The third-order valence-corrected chi connectivity index (χ3v) is 4.82. The van der Waals surface area contributed by atoms with Crippen LogP contribution in [0.15, 0.2) is 23.1 Å². The largest absolute Gasteiger partial charge is 0.224 e. The van der Waals surface area contributed by atoms with E-state index in [0.29, 0.717) is 10.2 Å². The minimum atomic E-state index is -3.10. The minimum Gasteiger partial charge on any atom is -0.224 e. The van der Waals surface area contributed by atoms with E-state index in [-0.39, 0.29) is 5.75 Å². The average Bonchev–Trinajstić information content (AvgIpc) is 2.09. The Morgan fingerprint density at radius 1 is 1.21 bits per heavy atom. The summed E-state index contributed by atoms with van der Waals surface area (Å²) in [5.41, 5.74) is 2.13. The summed E-state index contributed by atoms with van der Waals surface area (Å²) in [4.78, 5) is 0.417. The van der Waals surface area contributed by atoms with Crippen LogP contribution in [0.4, 0.5) is 0 Å². The van der Waals surface area contributed by atoms with E-state index in [1.165, 1.54) is 0 Å². The Kier molecular flexibility index (Phi) is 3.72. The van der Waals surface area contributed by atoms with Crippen LogP contribution in [0.2, 0.25) is 0 Å². The molecule has 1 rings (SSSR count). The molecule has 0 bridgehead atoms. The molecule has 0 aromatic heterocycles. The molecule has 4 heteroatoms. The van der Waals surface area contributed by atoms with E-state index < -0.39 is 9.84 Å². The summed E-state index contributed by atoms with van der Waals surface area (Å²) in [5.74, 6) is 0.148. The molecule has 0 aliphatic carbocycles. The predicted molar refractivity (Wildman–Crippen MR) is 61.8 cm³/mol. The Balaban J connectivity index is 3.15. The summed E-state index contributed by atoms with van der Waals surface area (Å²) >= 11 is 3.14. The van der Waals surface area contributed by atoms with E-state index in [2.05, 4.69) is 15.9 Å². The van der Waals surface area contributed by atoms with Crippen molar-refractivity contribution in [2.24, 2.45) is 0 Å². The van der Waals surface area contributed by atoms with Gasteiger partial charge in [0.1, 0.15) is 0 Å². The SMILES string of the molecule is Cc1ccc(S(=O)(=O)CCBr)cc1C. The van der Waals surface area contributed by atoms with Gasteiger partial charge in [-0.05, 0) is 37.1 Å². The minimum absolute atomic E-state index is 0.148. The zero-order valence-corrected chi connectivity index (χ0v) is 10.7. The summed E-state index contributed by atoms with van der Waals surface area (Å²) < 4.78 is 23.3. The Bertz CT molecular complexity index is 424. The van der Waals surface area contributed by atoms with E-state index in [4.69, 9.17) is 0 Å². The Morgan fingerprint density at radius 3 is 2.36 bits per heavy atom. The van der Waals surface area contributed by atoms with Crippen molar-refractivity contribution in [3.63, 3.8) is 0 Å². The van der Waals surface area contributed by atoms with Crippen LogP contribution in [0.3, 0.4) is 0 Å². The molecular weight excluding hydrogens is 264 g/mol. The van der Waals surface area contributed by atoms with E-state index in [9.17, 15) is 8.42 Å². The van der Waals surface area contributed by atoms with Crippen LogP contribution in [0, 0.1) is 13.8 Å². The first kappa shape index (κ1) is 11.7. The number of benzene rings is 1. The highest BCUT2D eigenvalue weighted by atomic mass is 79.9. The second-order valence-corrected chi connectivity index (χ2v) is 6.16. The molecule has 0 N–H and O–H groups in total. The van der Waals surface area contributed by atoms with Gasteiger partial charge < -0.3 is 0 Å². The lowest BCUT2D eigenvalue weighted by atomic mass is 10.1. The van der Waals surface area contributed by atoms with Crippen molar-refractivity contribution in [3.8, 4) is 0 Å². The predicted octanol–water partition coefficient (Wildman–Crippen LogP) is 2.47. The topological polar surface area (TPSA) is 34.1 Å². The molecule has 2 nitrogen and oxygen atoms in total. The summed E-state index contributed by atoms with van der Waals surface area (Å²) in [6.07, 6.45) is 0. The third kappa shape index (κ3) is 2.58. The van der Waals surface area contributed by atoms with Crippen LogP contribution >= 0.6 is 15.9 Å². The van der Waals surface area contributed by atoms with Crippen LogP contribution in [0.25, 0.3) is 0 Å². The number of rotatable bonds is 3. The molecule has 0 spiro atoms. The fraction of sp³-hybridized carbons (Fsp3) is 0.400. The summed E-state index contributed by atoms with van der Waals surface area (Å²) in [6, 6.07) is 5.24. The first-order chi connectivity index (χ1) is 6.47. The van der Waals surface area contributed by atoms with Crippen molar-refractivity contribution in [2.45, 2.75) is 18.7 Å². The van der Waals surface area contributed by atoms with E-state index >= 15 is 0 Å². The molecule has 78 valence electrons. The highest BCUT2D eigenvalue weighted by molar-refractivity contribution is 9.09. The molecule has 1 aromatic carbocycles. The number of alkyl halides is 1. The summed E-state index contributed by atoms with van der Waals surface area (Å²) in [7, 11) is -3.10. The van der Waals surface area contributed by atoms with Gasteiger partial charge in [0.05, 0.1) is 10.6 Å². The van der Waals surface area contributed by atoms with Crippen molar-refractivity contribution < 1.29 is 8.42 Å². The van der Waals surface area contributed by atoms with Gasteiger partial charge in [0.2, 0.25) is 0 Å². The summed E-state index contributed by atoms with van der Waals surface area (Å²) in [5, 5.41) is 0.474. The molecule has 0 amide bonds. The quantitative estimate of drug-likeness (QED) is 0.795. The van der Waals surface area contributed by atoms with Crippen molar-refractivity contribution in [1.29, 1.82) is 0 Å². The average molecular weight is 277 g/mol. The Hall–Kier alpha value is -0.350. The second kappa shape index (κ2) is 4.45. The monoisotopic (exact) mass is 276 g/mol. The fourth-order valence-corrected chi connectivity index (χ4v) is 3.48. The normalized spacial score (nSPS) is 11.6. The number of sulfone groups is 1. The zero-order chi connectivity index (χ0) is 10.8. The standard InChI is InChI=1S/C10H13BrO2S/c1-8-3-4-10(7-9(8)2)14(12,13)6-5-11/h3-4,7H,5-6H2,1-2H3. The van der Waals surface area contributed by atoms with Gasteiger partial charge >= 0.3 is 0 Å². The molecule has 0 radical (unpaired) electrons. The van der Waals surface area contributed by atoms with Crippen LogP contribution in [0.5, 0.6) is 0 Å². The molecule has 14 heavy (non-hydrogen) atoms. The molecule has 1 aromatic rings. The molecule has 0 saturated carbocycles. The van der Waals surface area contributed by atoms with Crippen LogP contribution < -0.4 is 0 Å². The summed E-state index contributed by atoms with van der Waals surface area (Å²) in [6.45, 7) is 3.89. The molecule has 0 atom stereocenters. The molecule has 0 fully saturated rings. The van der Waals surface area contributed by atoms with Crippen molar-refractivity contribution in [3.05, 3.63) is 29.3 Å². The van der Waals surface area contributed by atoms with Crippen molar-refractivity contribution >= 4 is 25.8 Å². The highest BCUT2D eigenvalue weighted by Gasteiger charge is 2.13. The van der Waals surface area contributed by atoms with Gasteiger partial charge in [-0.25, -0.2) is 8.42 Å². The molecule has 0 saturated heterocycles. The van der Waals surface area contributed by atoms with Gasteiger partial charge in [0.15, 0.2) is 9.84 Å². The van der Waals surface area contributed by atoms with Crippen molar-refractivity contribution in [1.82, 2.24) is 0 Å². The lowest BCUT2D eigenvalue weighted by Gasteiger charge is -2.05. The van der Waals surface area contributed by atoms with Crippen LogP contribution in [-0.4, -0.2) is 19.5 Å². The first-order valence-corrected chi connectivity index (χ1v) is 7.11. The second-order valence-electron chi connectivity index (χ2n) is 3.25. The number of halogens is 1. The van der Waals surface area contributed by atoms with E-state index in [0.717, 1.165) is 11.1 Å². The van der Waals surface area contributed by atoms with Gasteiger partial charge in [-0.3, -0.25) is 0 Å². The Labute approximate surface area is 93.4 Å². The maximum Gasteiger partial charge on any atom is 0.179 e. The van der Waals surface area contributed by atoms with Gasteiger partial charge in [-0.1, -0.05) is 22.0 Å². The fourth-order valence-electron chi connectivity index (χ4n) is 1.13. The molecule has 0 aliphatic rings. The zero-order valence-electron chi connectivity index (χ0n) is 8.25. The number of hydrogen-bond acceptors (Lipinski definition) is 2. The molecule has 0 heterocycles. The molecule has 0 aliphatic heterocycles. The van der Waals surface area contributed by atoms with Gasteiger partial charge in [0, 0.05) is 5.33 Å². The van der Waals surface area contributed by atoms with Gasteiger partial charge in [-0.15, -0.1) is 0 Å². The smallest absolute Gasteiger partial charge is 0.179 e. The van der Waals surface area contributed by atoms with E-state index in [1.807, 2.05) is 19.9 Å². The molecule has 0 unspecified atom stereocenters. The maximum atomic E-state index is 11.7. The lowest BCUT2D eigenvalue weighted by molar-refractivity contribution is 0.597. The third-order valence-electron chi connectivity index (χ3n) is 2.18. The van der Waals surface area contributed by atoms with Gasteiger partial charge in [-0.2, -0.15) is 0 Å². The Morgan fingerprint density at radius 2 is 1.86 bits per heavy atom. The first-order valence-electron chi connectivity index (χ1n) is 4.33. The highest BCUT2D eigenvalue weighted by Crippen LogP contribution is 2.16. The number of aryl methyl sites for hydroxylation is 2. The molecular formula is C10H13BrO2S. The van der Waals surface area contributed by atoms with E-state index in [1.54, 1.807) is 12.1 Å². The lowest BCUT2D eigenvalue weighted by Crippen LogP contribution is -2.08. The number of hydrogen-bond donors (Lipinski definition) is 0.